The fraction of sp³-hybridized carbons (Fsp3) is 0.114. The summed E-state index contributed by atoms with van der Waals surface area (Å²) in [5.74, 6) is 1.42. The standard InChI is InChI=1S/C35H31N5O2/c1-4-27-20-34(37-22-36-27)40-21-30(24-14-12-23(2)13-15-24)29-17-16-26(19-32(29)40)25-8-7-9-28(18-25)38-35(41)39-31-10-5-6-11-33(31)42-3/h5-22H,4H2,1-3H3,(H2,38,39,41). The molecule has 0 bridgehead atoms. The molecule has 0 unspecified atom stereocenters. The van der Waals surface area contributed by atoms with Crippen molar-refractivity contribution >= 4 is 28.3 Å². The Labute approximate surface area is 244 Å². The number of fused-ring (bicyclic) bond motifs is 1. The lowest BCUT2D eigenvalue weighted by atomic mass is 10.00. The van der Waals surface area contributed by atoms with Crippen LogP contribution >= 0.6 is 0 Å². The number of methoxy groups -OCH3 is 1. The molecule has 0 aliphatic carbocycles. The van der Waals surface area contributed by atoms with Crippen LogP contribution in [-0.2, 0) is 6.42 Å². The lowest BCUT2D eigenvalue weighted by molar-refractivity contribution is 0.262. The first kappa shape index (κ1) is 26.8. The lowest BCUT2D eigenvalue weighted by Gasteiger charge is -2.12. The van der Waals surface area contributed by atoms with E-state index in [1.807, 2.05) is 42.5 Å². The van der Waals surface area contributed by atoms with Crippen LogP contribution < -0.4 is 15.4 Å². The van der Waals surface area contributed by atoms with E-state index >= 15 is 0 Å². The van der Waals surface area contributed by atoms with Gasteiger partial charge in [-0.25, -0.2) is 14.8 Å². The monoisotopic (exact) mass is 553 g/mol. The zero-order chi connectivity index (χ0) is 29.1. The summed E-state index contributed by atoms with van der Waals surface area (Å²) in [6.07, 6.45) is 4.61. The highest BCUT2D eigenvalue weighted by Gasteiger charge is 2.15. The zero-order valence-corrected chi connectivity index (χ0v) is 23.8. The normalized spacial score (nSPS) is 10.9. The molecule has 6 rings (SSSR count). The van der Waals surface area contributed by atoms with E-state index in [9.17, 15) is 4.79 Å². The largest absolute Gasteiger partial charge is 0.495 e. The van der Waals surface area contributed by atoms with Crippen LogP contribution in [0.3, 0.4) is 0 Å². The van der Waals surface area contributed by atoms with Crippen molar-refractivity contribution in [2.75, 3.05) is 17.7 Å². The molecule has 208 valence electrons. The van der Waals surface area contributed by atoms with E-state index in [0.717, 1.165) is 51.1 Å². The number of carbonyl (C=O) groups excluding carboxylic acids is 1. The van der Waals surface area contributed by atoms with Gasteiger partial charge in [-0.3, -0.25) is 0 Å². The number of benzene rings is 4. The molecule has 7 nitrogen and oxygen atoms in total. The molecule has 42 heavy (non-hydrogen) atoms. The van der Waals surface area contributed by atoms with E-state index in [-0.39, 0.29) is 6.03 Å². The summed E-state index contributed by atoms with van der Waals surface area (Å²) >= 11 is 0. The van der Waals surface area contributed by atoms with E-state index in [4.69, 9.17) is 4.74 Å². The van der Waals surface area contributed by atoms with Crippen LogP contribution in [0.4, 0.5) is 16.2 Å². The van der Waals surface area contributed by atoms with Gasteiger partial charge in [0.1, 0.15) is 17.9 Å². The minimum atomic E-state index is -0.348. The fourth-order valence-electron chi connectivity index (χ4n) is 5.08. The van der Waals surface area contributed by atoms with Gasteiger partial charge >= 0.3 is 6.03 Å². The molecule has 2 amide bonds. The molecule has 2 aromatic heterocycles. The minimum Gasteiger partial charge on any atom is -0.495 e. The Morgan fingerprint density at radius 1 is 0.833 bits per heavy atom. The van der Waals surface area contributed by atoms with E-state index < -0.39 is 0 Å². The second-order valence-electron chi connectivity index (χ2n) is 10.1. The highest BCUT2D eigenvalue weighted by atomic mass is 16.5. The number of nitrogens with one attached hydrogen (secondary N) is 2. The van der Waals surface area contributed by atoms with Crippen LogP contribution in [0.5, 0.6) is 5.75 Å². The fourth-order valence-corrected chi connectivity index (χ4v) is 5.08. The van der Waals surface area contributed by atoms with Gasteiger partial charge in [0.05, 0.1) is 18.3 Å². The van der Waals surface area contributed by atoms with Crippen molar-refractivity contribution in [3.63, 3.8) is 0 Å². The number of carbonyl (C=O) groups is 1. The Morgan fingerprint density at radius 2 is 1.62 bits per heavy atom. The number of urea groups is 1. The lowest BCUT2D eigenvalue weighted by Crippen LogP contribution is -2.19. The first-order valence-corrected chi connectivity index (χ1v) is 13.9. The Morgan fingerprint density at radius 3 is 2.43 bits per heavy atom. The van der Waals surface area contributed by atoms with Gasteiger partial charge in [0.15, 0.2) is 0 Å². The highest BCUT2D eigenvalue weighted by Crippen LogP contribution is 2.35. The second-order valence-corrected chi connectivity index (χ2v) is 10.1. The minimum absolute atomic E-state index is 0.348. The summed E-state index contributed by atoms with van der Waals surface area (Å²) < 4.78 is 7.48. The van der Waals surface area contributed by atoms with Crippen molar-refractivity contribution in [2.24, 2.45) is 0 Å². The number of nitrogens with zero attached hydrogens (tertiary/aromatic N) is 3. The van der Waals surface area contributed by atoms with Crippen molar-refractivity contribution in [1.82, 2.24) is 14.5 Å². The number of aryl methyl sites for hydroxylation is 2. The third-order valence-corrected chi connectivity index (χ3v) is 7.30. The van der Waals surface area contributed by atoms with Crippen LogP contribution in [-0.4, -0.2) is 27.7 Å². The van der Waals surface area contributed by atoms with Crippen molar-refractivity contribution in [3.05, 3.63) is 121 Å². The number of amides is 2. The van der Waals surface area contributed by atoms with E-state index in [2.05, 4.69) is 87.7 Å². The molecule has 0 atom stereocenters. The average molecular weight is 554 g/mol. The van der Waals surface area contributed by atoms with Crippen LogP contribution in [0.25, 0.3) is 39.0 Å². The number of para-hydroxylation sites is 2. The number of anilines is 2. The van der Waals surface area contributed by atoms with E-state index in [1.54, 1.807) is 25.6 Å². The average Bonchev–Trinajstić information content (AvgIpc) is 3.41. The smallest absolute Gasteiger partial charge is 0.323 e. The maximum Gasteiger partial charge on any atom is 0.323 e. The van der Waals surface area contributed by atoms with Crippen molar-refractivity contribution in [2.45, 2.75) is 20.3 Å². The van der Waals surface area contributed by atoms with Crippen molar-refractivity contribution in [1.29, 1.82) is 0 Å². The quantitative estimate of drug-likeness (QED) is 0.208. The molecular weight excluding hydrogens is 522 g/mol. The number of rotatable bonds is 7. The molecule has 6 aromatic rings. The van der Waals surface area contributed by atoms with Crippen molar-refractivity contribution < 1.29 is 9.53 Å². The Hall–Kier alpha value is -5.43. The van der Waals surface area contributed by atoms with Gasteiger partial charge in [-0.1, -0.05) is 73.2 Å². The second kappa shape index (κ2) is 11.6. The predicted octanol–water partition coefficient (Wildman–Crippen LogP) is 8.28. The van der Waals surface area contributed by atoms with Gasteiger partial charge in [0.25, 0.3) is 0 Å². The third-order valence-electron chi connectivity index (χ3n) is 7.30. The molecule has 4 aromatic carbocycles. The van der Waals surface area contributed by atoms with Crippen LogP contribution in [0.15, 0.2) is 110 Å². The first-order chi connectivity index (χ1) is 20.5. The molecule has 2 N–H and O–H groups in total. The van der Waals surface area contributed by atoms with Crippen LogP contribution in [0.2, 0.25) is 0 Å². The summed E-state index contributed by atoms with van der Waals surface area (Å²) in [5.41, 5.74) is 8.81. The number of hydrogen-bond acceptors (Lipinski definition) is 4. The maximum absolute atomic E-state index is 12.8. The van der Waals surface area contributed by atoms with Crippen molar-refractivity contribution in [3.8, 4) is 33.8 Å². The number of aromatic nitrogens is 3. The SMILES string of the molecule is CCc1cc(-n2cc(-c3ccc(C)cc3)c3ccc(-c4cccc(NC(=O)Nc5ccccc5OC)c4)cc32)ncn1. The Bertz CT molecular complexity index is 1890. The molecule has 0 radical (unpaired) electrons. The molecular formula is C35H31N5O2. The third kappa shape index (κ3) is 5.45. The summed E-state index contributed by atoms with van der Waals surface area (Å²) in [4.78, 5) is 21.8. The molecule has 7 heteroatoms. The van der Waals surface area contributed by atoms with Gasteiger partial charge in [-0.2, -0.15) is 0 Å². The Kier molecular flexibility index (Phi) is 7.39. The summed E-state index contributed by atoms with van der Waals surface area (Å²) in [5, 5.41) is 6.93. The summed E-state index contributed by atoms with van der Waals surface area (Å²) in [7, 11) is 1.58. The molecule has 0 saturated heterocycles. The van der Waals surface area contributed by atoms with Gasteiger partial charge in [-0.15, -0.1) is 0 Å². The zero-order valence-electron chi connectivity index (χ0n) is 23.8. The molecule has 0 fully saturated rings. The molecule has 2 heterocycles. The van der Waals surface area contributed by atoms with Gasteiger partial charge in [0, 0.05) is 34.6 Å². The van der Waals surface area contributed by atoms with E-state index in [1.165, 1.54) is 5.56 Å². The van der Waals surface area contributed by atoms with Crippen LogP contribution in [0, 0.1) is 6.92 Å². The molecule has 0 aliphatic heterocycles. The van der Waals surface area contributed by atoms with Gasteiger partial charge in [0.2, 0.25) is 0 Å². The molecule has 0 aliphatic rings. The molecule has 0 saturated carbocycles. The van der Waals surface area contributed by atoms with E-state index in [0.29, 0.717) is 17.1 Å². The van der Waals surface area contributed by atoms with Gasteiger partial charge < -0.3 is 19.9 Å². The molecule has 0 spiro atoms. The topological polar surface area (TPSA) is 81.1 Å². The predicted molar refractivity (Wildman–Crippen MR) is 169 cm³/mol. The summed E-state index contributed by atoms with van der Waals surface area (Å²) in [6.45, 7) is 4.19. The maximum atomic E-state index is 12.8. The van der Waals surface area contributed by atoms with Gasteiger partial charge in [-0.05, 0) is 60.4 Å². The summed E-state index contributed by atoms with van der Waals surface area (Å²) in [6, 6.07) is 31.8. The number of hydrogen-bond donors (Lipinski definition) is 2. The highest BCUT2D eigenvalue weighted by molar-refractivity contribution is 6.02. The number of ether oxygens (including phenoxy) is 1. The van der Waals surface area contributed by atoms with Crippen LogP contribution in [0.1, 0.15) is 18.2 Å². The first-order valence-electron chi connectivity index (χ1n) is 13.9. The Balaban J connectivity index is 1.37.